The number of amides is 1. The van der Waals surface area contributed by atoms with E-state index in [9.17, 15) is 4.79 Å². The van der Waals surface area contributed by atoms with Crippen LogP contribution in [0.25, 0.3) is 17.1 Å². The van der Waals surface area contributed by atoms with E-state index in [0.717, 1.165) is 28.3 Å². The summed E-state index contributed by atoms with van der Waals surface area (Å²) in [5, 5.41) is 9.62. The molecule has 5 nitrogen and oxygen atoms in total. The summed E-state index contributed by atoms with van der Waals surface area (Å²) in [6.45, 7) is 6.11. The van der Waals surface area contributed by atoms with Crippen molar-refractivity contribution in [1.29, 1.82) is 0 Å². The second-order valence-corrected chi connectivity index (χ2v) is 8.77. The topological polar surface area (TPSA) is 51.0 Å². The Kier molecular flexibility index (Phi) is 6.71. The number of rotatable bonds is 7. The smallest absolute Gasteiger partial charge is 0.237 e. The van der Waals surface area contributed by atoms with Crippen LogP contribution in [0.4, 0.5) is 5.69 Å². The van der Waals surface area contributed by atoms with Crippen LogP contribution in [0.15, 0.2) is 90.1 Å². The van der Waals surface area contributed by atoms with E-state index in [1.807, 2.05) is 96.1 Å². The second kappa shape index (κ2) is 9.83. The van der Waals surface area contributed by atoms with Crippen LogP contribution in [0.3, 0.4) is 0 Å². The summed E-state index contributed by atoms with van der Waals surface area (Å²) in [5.41, 5.74) is 4.01. The number of aryl methyl sites for hydroxylation is 1. The highest BCUT2D eigenvalue weighted by molar-refractivity contribution is 7.99. The van der Waals surface area contributed by atoms with E-state index in [4.69, 9.17) is 0 Å². The molecular formula is C26H26N4OS. The van der Waals surface area contributed by atoms with Crippen LogP contribution >= 0.6 is 11.8 Å². The van der Waals surface area contributed by atoms with Crippen LogP contribution < -0.4 is 4.90 Å². The van der Waals surface area contributed by atoms with Crippen molar-refractivity contribution in [2.45, 2.75) is 32.0 Å². The largest absolute Gasteiger partial charge is 0.309 e. The summed E-state index contributed by atoms with van der Waals surface area (Å²) < 4.78 is 2.03. The zero-order valence-corrected chi connectivity index (χ0v) is 19.3. The van der Waals surface area contributed by atoms with E-state index in [1.165, 1.54) is 11.8 Å². The third-order valence-electron chi connectivity index (χ3n) is 5.07. The monoisotopic (exact) mass is 442 g/mol. The molecule has 0 bridgehead atoms. The fourth-order valence-electron chi connectivity index (χ4n) is 3.65. The van der Waals surface area contributed by atoms with E-state index in [1.54, 1.807) is 0 Å². The molecule has 6 heteroatoms. The quantitative estimate of drug-likeness (QED) is 0.341. The van der Waals surface area contributed by atoms with Gasteiger partial charge in [0, 0.05) is 23.0 Å². The third-order valence-corrected chi connectivity index (χ3v) is 5.98. The Labute approximate surface area is 193 Å². The van der Waals surface area contributed by atoms with Gasteiger partial charge in [0.25, 0.3) is 0 Å². The number of nitrogens with zero attached hydrogens (tertiary/aromatic N) is 4. The molecule has 0 atom stereocenters. The Morgan fingerprint density at radius 3 is 2.28 bits per heavy atom. The van der Waals surface area contributed by atoms with E-state index in [-0.39, 0.29) is 17.7 Å². The molecule has 32 heavy (non-hydrogen) atoms. The van der Waals surface area contributed by atoms with Crippen LogP contribution in [0.2, 0.25) is 0 Å². The molecule has 0 saturated carbocycles. The molecule has 0 saturated heterocycles. The average molecular weight is 443 g/mol. The third kappa shape index (κ3) is 4.75. The lowest BCUT2D eigenvalue weighted by molar-refractivity contribution is -0.116. The van der Waals surface area contributed by atoms with Crippen LogP contribution in [0, 0.1) is 6.92 Å². The second-order valence-electron chi connectivity index (χ2n) is 7.83. The lowest BCUT2D eigenvalue weighted by Crippen LogP contribution is -2.38. The lowest BCUT2D eigenvalue weighted by atomic mass is 10.2. The molecule has 4 rings (SSSR count). The maximum absolute atomic E-state index is 13.2. The van der Waals surface area contributed by atoms with Gasteiger partial charge in [-0.2, -0.15) is 0 Å². The number of hydrogen-bond acceptors (Lipinski definition) is 4. The van der Waals surface area contributed by atoms with Crippen molar-refractivity contribution in [3.8, 4) is 17.1 Å². The summed E-state index contributed by atoms with van der Waals surface area (Å²) >= 11 is 1.41. The number of hydrogen-bond donors (Lipinski definition) is 0. The predicted octanol–water partition coefficient (Wildman–Crippen LogP) is 5.78. The standard InChI is InChI=1S/C26H26N4OS/c1-19(2)29(22-14-8-5-9-15-22)24(31)18-32-26-28-27-25(21-12-6-4-7-13-21)30(26)23-16-10-11-20(3)17-23/h4-17,19H,18H2,1-3H3. The molecule has 1 heterocycles. The number of para-hydroxylation sites is 1. The van der Waals surface area contributed by atoms with Crippen LogP contribution in [-0.2, 0) is 4.79 Å². The maximum Gasteiger partial charge on any atom is 0.237 e. The Morgan fingerprint density at radius 1 is 0.938 bits per heavy atom. The van der Waals surface area contributed by atoms with Crippen molar-refractivity contribution >= 4 is 23.4 Å². The molecule has 0 fully saturated rings. The summed E-state index contributed by atoms with van der Waals surface area (Å²) in [4.78, 5) is 15.0. The fraction of sp³-hybridized carbons (Fsp3) is 0.192. The van der Waals surface area contributed by atoms with Gasteiger partial charge in [0.1, 0.15) is 0 Å². The van der Waals surface area contributed by atoms with Crippen LogP contribution in [-0.4, -0.2) is 32.5 Å². The number of carbonyl (C=O) groups excluding carboxylic acids is 1. The first-order valence-electron chi connectivity index (χ1n) is 10.6. The van der Waals surface area contributed by atoms with Crippen molar-refractivity contribution in [2.75, 3.05) is 10.7 Å². The zero-order chi connectivity index (χ0) is 22.5. The van der Waals surface area contributed by atoms with Gasteiger partial charge in [-0.15, -0.1) is 10.2 Å². The van der Waals surface area contributed by atoms with Gasteiger partial charge >= 0.3 is 0 Å². The Hall–Kier alpha value is -3.38. The molecule has 0 aliphatic heterocycles. The molecule has 0 radical (unpaired) electrons. The summed E-state index contributed by atoms with van der Waals surface area (Å²) in [5.74, 6) is 1.07. The first kappa shape index (κ1) is 21.8. The minimum Gasteiger partial charge on any atom is -0.309 e. The van der Waals surface area contributed by atoms with E-state index >= 15 is 0 Å². The molecule has 1 amide bonds. The number of benzene rings is 3. The summed E-state index contributed by atoms with van der Waals surface area (Å²) in [6.07, 6.45) is 0. The molecule has 0 aliphatic rings. The SMILES string of the molecule is Cc1cccc(-n2c(SCC(=O)N(c3ccccc3)C(C)C)nnc2-c2ccccc2)c1. The number of carbonyl (C=O) groups is 1. The fourth-order valence-corrected chi connectivity index (χ4v) is 4.46. The van der Waals surface area contributed by atoms with Gasteiger partial charge in [0.15, 0.2) is 11.0 Å². The Bertz CT molecular complexity index is 1190. The highest BCUT2D eigenvalue weighted by Gasteiger charge is 2.22. The number of aromatic nitrogens is 3. The summed E-state index contributed by atoms with van der Waals surface area (Å²) in [6, 6.07) is 28.1. The van der Waals surface area contributed by atoms with Gasteiger partial charge < -0.3 is 4.90 Å². The van der Waals surface area contributed by atoms with E-state index in [0.29, 0.717) is 5.16 Å². The van der Waals surface area contributed by atoms with E-state index in [2.05, 4.69) is 29.3 Å². The van der Waals surface area contributed by atoms with Crippen LogP contribution in [0.1, 0.15) is 19.4 Å². The highest BCUT2D eigenvalue weighted by atomic mass is 32.2. The van der Waals surface area contributed by atoms with Crippen molar-refractivity contribution in [2.24, 2.45) is 0 Å². The average Bonchev–Trinajstić information content (AvgIpc) is 3.23. The normalized spacial score (nSPS) is 11.0. The zero-order valence-electron chi connectivity index (χ0n) is 18.5. The van der Waals surface area contributed by atoms with Crippen molar-refractivity contribution < 1.29 is 4.79 Å². The first-order chi connectivity index (χ1) is 15.5. The lowest BCUT2D eigenvalue weighted by Gasteiger charge is -2.26. The van der Waals surface area contributed by atoms with Crippen molar-refractivity contribution in [3.63, 3.8) is 0 Å². The van der Waals surface area contributed by atoms with Crippen LogP contribution in [0.5, 0.6) is 0 Å². The Balaban J connectivity index is 1.65. The summed E-state index contributed by atoms with van der Waals surface area (Å²) in [7, 11) is 0. The molecule has 1 aromatic heterocycles. The molecule has 162 valence electrons. The highest BCUT2D eigenvalue weighted by Crippen LogP contribution is 2.29. The number of anilines is 1. The molecule has 4 aromatic rings. The molecule has 0 N–H and O–H groups in total. The Morgan fingerprint density at radius 2 is 1.62 bits per heavy atom. The van der Waals surface area contributed by atoms with Crippen molar-refractivity contribution in [1.82, 2.24) is 14.8 Å². The maximum atomic E-state index is 13.2. The molecule has 0 unspecified atom stereocenters. The minimum absolute atomic E-state index is 0.0382. The van der Waals surface area contributed by atoms with Gasteiger partial charge in [0.2, 0.25) is 5.91 Å². The minimum atomic E-state index is 0.0382. The van der Waals surface area contributed by atoms with Gasteiger partial charge in [0.05, 0.1) is 5.75 Å². The number of thioether (sulfide) groups is 1. The predicted molar refractivity (Wildman–Crippen MR) is 131 cm³/mol. The van der Waals surface area contributed by atoms with Gasteiger partial charge in [-0.1, -0.05) is 72.4 Å². The molecule has 0 aliphatic carbocycles. The van der Waals surface area contributed by atoms with E-state index < -0.39 is 0 Å². The molecule has 3 aromatic carbocycles. The first-order valence-corrected chi connectivity index (χ1v) is 11.6. The van der Waals surface area contributed by atoms with Gasteiger partial charge in [-0.25, -0.2) is 0 Å². The van der Waals surface area contributed by atoms with Crippen molar-refractivity contribution in [3.05, 3.63) is 90.5 Å². The molecule has 0 spiro atoms. The van der Waals surface area contributed by atoms with Gasteiger partial charge in [-0.05, 0) is 50.6 Å². The molecular weight excluding hydrogens is 416 g/mol. The van der Waals surface area contributed by atoms with Gasteiger partial charge in [-0.3, -0.25) is 9.36 Å².